The fourth-order valence-electron chi connectivity index (χ4n) is 4.24. The summed E-state index contributed by atoms with van der Waals surface area (Å²) in [5.41, 5.74) is 1.50. The Morgan fingerprint density at radius 1 is 1.03 bits per heavy atom. The average molecular weight is 536 g/mol. The molecule has 0 radical (unpaired) electrons. The van der Waals surface area contributed by atoms with Crippen LogP contribution in [0, 0.1) is 0 Å². The summed E-state index contributed by atoms with van der Waals surface area (Å²) in [7, 11) is 0. The molecule has 2 aromatic heterocycles. The largest absolute Gasteiger partial charge is 0.507 e. The lowest BCUT2D eigenvalue weighted by molar-refractivity contribution is -0.132. The van der Waals surface area contributed by atoms with Crippen molar-refractivity contribution in [1.82, 2.24) is 9.97 Å². The van der Waals surface area contributed by atoms with Crippen LogP contribution in [0.2, 0.25) is 5.02 Å². The number of amides is 1. The predicted molar refractivity (Wildman–Crippen MR) is 142 cm³/mol. The van der Waals surface area contributed by atoms with Crippen LogP contribution in [0.15, 0.2) is 66.5 Å². The van der Waals surface area contributed by atoms with E-state index in [1.807, 2.05) is 13.8 Å². The number of rotatable bonds is 7. The van der Waals surface area contributed by atoms with Crippen molar-refractivity contribution in [3.05, 3.63) is 82.6 Å². The van der Waals surface area contributed by atoms with E-state index in [0.717, 1.165) is 4.70 Å². The molecule has 1 saturated heterocycles. The number of aliphatic hydroxyl groups is 1. The van der Waals surface area contributed by atoms with Crippen LogP contribution in [0.25, 0.3) is 16.0 Å². The second-order valence-electron chi connectivity index (χ2n) is 8.09. The minimum atomic E-state index is -0.959. The van der Waals surface area contributed by atoms with Gasteiger partial charge >= 0.3 is 5.91 Å². The van der Waals surface area contributed by atoms with Crippen molar-refractivity contribution in [3.63, 3.8) is 0 Å². The standard InChI is InChI=1S/C27H22ClN3O5S/c1-3-35-19-8-5-16(13-20(19)36-4-2)23-22(24(32)15-9-11-29-12-10-15)25(33)26(34)31(23)27-30-18-7-6-17(28)14-21(18)37-27/h5-14,23,32H,3-4H2,1-2H3/b24-22+. The number of nitrogens with zero attached hydrogens (tertiary/aromatic N) is 3. The molecule has 0 aliphatic carbocycles. The molecule has 1 amide bonds. The van der Waals surface area contributed by atoms with Crippen LogP contribution in [0.5, 0.6) is 11.5 Å². The number of aromatic nitrogens is 2. The van der Waals surface area contributed by atoms with Gasteiger partial charge in [0.2, 0.25) is 0 Å². The summed E-state index contributed by atoms with van der Waals surface area (Å²) in [5.74, 6) is -0.911. The van der Waals surface area contributed by atoms with E-state index in [1.54, 1.807) is 48.5 Å². The number of hydrogen-bond donors (Lipinski definition) is 1. The summed E-state index contributed by atoms with van der Waals surface area (Å²) >= 11 is 7.39. The molecule has 1 aliphatic heterocycles. The van der Waals surface area contributed by atoms with Gasteiger partial charge in [-0.15, -0.1) is 0 Å². The number of pyridine rings is 1. The quantitative estimate of drug-likeness (QED) is 0.182. The molecule has 3 heterocycles. The Morgan fingerprint density at radius 2 is 1.76 bits per heavy atom. The lowest BCUT2D eigenvalue weighted by atomic mass is 9.95. The van der Waals surface area contributed by atoms with E-state index in [1.165, 1.54) is 28.6 Å². The lowest BCUT2D eigenvalue weighted by Gasteiger charge is -2.24. The SMILES string of the molecule is CCOc1ccc(C2/C(=C(\O)c3ccncc3)C(=O)C(=O)N2c2nc3ccc(Cl)cc3s2)cc1OCC. The van der Waals surface area contributed by atoms with Crippen LogP contribution in [-0.4, -0.2) is 40.0 Å². The first kappa shape index (κ1) is 24.7. The number of benzene rings is 2. The predicted octanol–water partition coefficient (Wildman–Crippen LogP) is 5.77. The topological polar surface area (TPSA) is 102 Å². The monoisotopic (exact) mass is 535 g/mol. The molecular weight excluding hydrogens is 514 g/mol. The van der Waals surface area contributed by atoms with Crippen molar-refractivity contribution in [3.8, 4) is 11.5 Å². The third-order valence-electron chi connectivity index (χ3n) is 5.83. The molecule has 10 heteroatoms. The Hall–Kier alpha value is -3.95. The second kappa shape index (κ2) is 10.2. The lowest BCUT2D eigenvalue weighted by Crippen LogP contribution is -2.29. The van der Waals surface area contributed by atoms with Gasteiger partial charge in [-0.2, -0.15) is 0 Å². The normalized spacial score (nSPS) is 16.9. The molecule has 2 aromatic carbocycles. The minimum absolute atomic E-state index is 0.0555. The van der Waals surface area contributed by atoms with E-state index in [-0.39, 0.29) is 11.3 Å². The molecule has 0 bridgehead atoms. The van der Waals surface area contributed by atoms with Crippen molar-refractivity contribution in [2.75, 3.05) is 18.1 Å². The maximum absolute atomic E-state index is 13.5. The number of ether oxygens (including phenoxy) is 2. The Bertz CT molecular complexity index is 1540. The molecule has 1 N–H and O–H groups in total. The smallest absolute Gasteiger partial charge is 0.301 e. The van der Waals surface area contributed by atoms with Gasteiger partial charge in [-0.25, -0.2) is 4.98 Å². The molecule has 37 heavy (non-hydrogen) atoms. The van der Waals surface area contributed by atoms with Crippen molar-refractivity contribution in [2.24, 2.45) is 0 Å². The number of hydrogen-bond acceptors (Lipinski definition) is 8. The Morgan fingerprint density at radius 3 is 2.49 bits per heavy atom. The number of carbonyl (C=O) groups is 2. The molecule has 0 saturated carbocycles. The van der Waals surface area contributed by atoms with E-state index in [9.17, 15) is 14.7 Å². The van der Waals surface area contributed by atoms with Crippen molar-refractivity contribution in [2.45, 2.75) is 19.9 Å². The van der Waals surface area contributed by atoms with E-state index in [0.29, 0.717) is 51.5 Å². The molecular formula is C27H22ClN3O5S. The van der Waals surface area contributed by atoms with Crippen LogP contribution in [0.4, 0.5) is 5.13 Å². The molecule has 5 rings (SSSR count). The number of carbonyl (C=O) groups excluding carboxylic acids is 2. The molecule has 1 unspecified atom stereocenters. The van der Waals surface area contributed by atoms with Gasteiger partial charge in [-0.05, 0) is 61.9 Å². The average Bonchev–Trinajstić information content (AvgIpc) is 3.43. The highest BCUT2D eigenvalue weighted by atomic mass is 35.5. The third kappa shape index (κ3) is 4.52. The molecule has 1 atom stereocenters. The van der Waals surface area contributed by atoms with Gasteiger partial charge < -0.3 is 14.6 Å². The van der Waals surface area contributed by atoms with Crippen LogP contribution < -0.4 is 14.4 Å². The summed E-state index contributed by atoms with van der Waals surface area (Å²) in [4.78, 5) is 36.8. The molecule has 4 aromatic rings. The highest BCUT2D eigenvalue weighted by Gasteiger charge is 2.48. The van der Waals surface area contributed by atoms with Gasteiger partial charge in [-0.1, -0.05) is 29.0 Å². The van der Waals surface area contributed by atoms with Crippen LogP contribution in [0.1, 0.15) is 31.0 Å². The van der Waals surface area contributed by atoms with Crippen molar-refractivity contribution in [1.29, 1.82) is 0 Å². The molecule has 188 valence electrons. The first-order chi connectivity index (χ1) is 17.9. The first-order valence-electron chi connectivity index (χ1n) is 11.6. The maximum Gasteiger partial charge on any atom is 0.301 e. The van der Waals surface area contributed by atoms with Crippen LogP contribution >= 0.6 is 22.9 Å². The van der Waals surface area contributed by atoms with Gasteiger partial charge in [0.05, 0.1) is 35.0 Å². The molecule has 1 fully saturated rings. The fraction of sp³-hybridized carbons (Fsp3) is 0.185. The number of anilines is 1. The van der Waals surface area contributed by atoms with E-state index in [4.69, 9.17) is 21.1 Å². The second-order valence-corrected chi connectivity index (χ2v) is 9.53. The molecule has 0 spiro atoms. The number of ketones is 1. The molecule has 1 aliphatic rings. The maximum atomic E-state index is 13.5. The van der Waals surface area contributed by atoms with E-state index >= 15 is 0 Å². The summed E-state index contributed by atoms with van der Waals surface area (Å²) in [6.45, 7) is 4.55. The first-order valence-corrected chi connectivity index (χ1v) is 12.8. The summed E-state index contributed by atoms with van der Waals surface area (Å²) in [6, 6.07) is 12.6. The van der Waals surface area contributed by atoms with Gasteiger partial charge in [0.1, 0.15) is 5.76 Å². The third-order valence-corrected chi connectivity index (χ3v) is 7.08. The highest BCUT2D eigenvalue weighted by Crippen LogP contribution is 2.46. The van der Waals surface area contributed by atoms with Crippen molar-refractivity contribution < 1.29 is 24.2 Å². The zero-order valence-corrected chi connectivity index (χ0v) is 21.5. The minimum Gasteiger partial charge on any atom is -0.507 e. The summed E-state index contributed by atoms with van der Waals surface area (Å²) in [5, 5.41) is 12.1. The Labute approximate surface area is 221 Å². The van der Waals surface area contributed by atoms with E-state index in [2.05, 4.69) is 9.97 Å². The van der Waals surface area contributed by atoms with Crippen LogP contribution in [0.3, 0.4) is 0 Å². The van der Waals surface area contributed by atoms with Crippen LogP contribution in [-0.2, 0) is 9.59 Å². The summed E-state index contributed by atoms with van der Waals surface area (Å²) < 4.78 is 12.3. The number of fused-ring (bicyclic) bond motifs is 1. The zero-order valence-electron chi connectivity index (χ0n) is 20.0. The Kier molecular flexibility index (Phi) is 6.82. The molecule has 8 nitrogen and oxygen atoms in total. The number of thiazole rings is 1. The van der Waals surface area contributed by atoms with E-state index < -0.39 is 17.7 Å². The van der Waals surface area contributed by atoms with Gasteiger partial charge in [0.15, 0.2) is 16.6 Å². The van der Waals surface area contributed by atoms with Crippen molar-refractivity contribution >= 4 is 55.7 Å². The summed E-state index contributed by atoms with van der Waals surface area (Å²) in [6.07, 6.45) is 3.00. The number of halogens is 1. The van der Waals surface area contributed by atoms with Gasteiger partial charge in [0, 0.05) is 23.0 Å². The Balaban J connectivity index is 1.73. The highest BCUT2D eigenvalue weighted by molar-refractivity contribution is 7.22. The van der Waals surface area contributed by atoms with Gasteiger partial charge in [0.25, 0.3) is 5.78 Å². The van der Waals surface area contributed by atoms with Gasteiger partial charge in [-0.3, -0.25) is 19.5 Å². The number of aliphatic hydroxyl groups excluding tert-OH is 1. The fourth-order valence-corrected chi connectivity index (χ4v) is 5.51. The number of Topliss-reactive ketones (excluding diaryl/α,β-unsaturated/α-hetero) is 1. The zero-order chi connectivity index (χ0) is 26.1.